The number of fused-ring (bicyclic) bond motifs is 2. The molecule has 0 spiro atoms. The highest BCUT2D eigenvalue weighted by molar-refractivity contribution is 5.98. The van der Waals surface area contributed by atoms with Gasteiger partial charge in [-0.05, 0) is 56.1 Å². The highest BCUT2D eigenvalue weighted by atomic mass is 16.2. The number of aromatic nitrogens is 1. The van der Waals surface area contributed by atoms with E-state index in [1.165, 1.54) is 47.5 Å². The molecule has 1 unspecified atom stereocenters. The van der Waals surface area contributed by atoms with Crippen molar-refractivity contribution < 1.29 is 4.79 Å². The maximum absolute atomic E-state index is 12.4. The van der Waals surface area contributed by atoms with Gasteiger partial charge in [0.05, 0.1) is 5.69 Å². The third-order valence-corrected chi connectivity index (χ3v) is 5.10. The van der Waals surface area contributed by atoms with Gasteiger partial charge in [-0.3, -0.25) is 9.78 Å². The molecule has 1 atom stereocenters. The largest absolute Gasteiger partial charge is 0.310 e. The second kappa shape index (κ2) is 4.87. The third kappa shape index (κ3) is 1.97. The van der Waals surface area contributed by atoms with E-state index in [1.807, 2.05) is 4.90 Å². The van der Waals surface area contributed by atoms with Crippen LogP contribution in [-0.2, 0) is 30.5 Å². The smallest absolute Gasteiger partial charge is 0.228 e. The van der Waals surface area contributed by atoms with Crippen LogP contribution in [0.4, 0.5) is 5.69 Å². The molecule has 3 heteroatoms. The first-order valence-corrected chi connectivity index (χ1v) is 8.08. The number of hydrogen-bond acceptors (Lipinski definition) is 2. The van der Waals surface area contributed by atoms with Crippen LogP contribution < -0.4 is 4.90 Å². The molecule has 3 nitrogen and oxygen atoms in total. The highest BCUT2D eigenvalue weighted by Gasteiger charge is 2.35. The summed E-state index contributed by atoms with van der Waals surface area (Å²) in [6, 6.07) is 0. The van der Waals surface area contributed by atoms with Crippen LogP contribution in [0.15, 0.2) is 0 Å². The predicted molar refractivity (Wildman–Crippen MR) is 82.2 cm³/mol. The first-order chi connectivity index (χ1) is 10.3. The van der Waals surface area contributed by atoms with E-state index in [9.17, 15) is 4.79 Å². The lowest BCUT2D eigenvalue weighted by Gasteiger charge is -2.27. The number of rotatable bonds is 1. The fourth-order valence-electron chi connectivity index (χ4n) is 4.08. The van der Waals surface area contributed by atoms with E-state index in [0.29, 0.717) is 13.0 Å². The van der Waals surface area contributed by atoms with Crippen LogP contribution in [0.25, 0.3) is 0 Å². The molecule has 0 aromatic carbocycles. The van der Waals surface area contributed by atoms with Gasteiger partial charge in [-0.2, -0.15) is 0 Å². The van der Waals surface area contributed by atoms with Crippen LogP contribution in [0.2, 0.25) is 0 Å². The lowest BCUT2D eigenvalue weighted by molar-refractivity contribution is -0.117. The summed E-state index contributed by atoms with van der Waals surface area (Å²) in [5.74, 6) is 3.03. The summed E-state index contributed by atoms with van der Waals surface area (Å²) in [6.45, 7) is 0.693. The number of terminal acetylenes is 1. The summed E-state index contributed by atoms with van der Waals surface area (Å²) in [4.78, 5) is 19.3. The van der Waals surface area contributed by atoms with E-state index >= 15 is 0 Å². The maximum Gasteiger partial charge on any atom is 0.228 e. The van der Waals surface area contributed by atoms with Gasteiger partial charge in [-0.15, -0.1) is 12.3 Å². The van der Waals surface area contributed by atoms with Gasteiger partial charge in [0, 0.05) is 30.3 Å². The average molecular weight is 280 g/mol. The first kappa shape index (κ1) is 12.9. The number of carbonyl (C=O) groups excluding carboxylic acids is 1. The molecule has 1 fully saturated rings. The number of pyridine rings is 1. The van der Waals surface area contributed by atoms with E-state index in [4.69, 9.17) is 11.4 Å². The molecule has 0 bridgehead atoms. The summed E-state index contributed by atoms with van der Waals surface area (Å²) in [7, 11) is 0. The zero-order valence-electron chi connectivity index (χ0n) is 12.3. The van der Waals surface area contributed by atoms with Crippen LogP contribution in [0.5, 0.6) is 0 Å². The van der Waals surface area contributed by atoms with Crippen molar-refractivity contribution in [3.05, 3.63) is 22.5 Å². The molecule has 2 aliphatic carbocycles. The van der Waals surface area contributed by atoms with Gasteiger partial charge in [-0.1, -0.05) is 0 Å². The Morgan fingerprint density at radius 3 is 2.43 bits per heavy atom. The van der Waals surface area contributed by atoms with Crippen LogP contribution in [0.3, 0.4) is 0 Å². The van der Waals surface area contributed by atoms with Gasteiger partial charge >= 0.3 is 0 Å². The zero-order valence-corrected chi connectivity index (χ0v) is 12.3. The van der Waals surface area contributed by atoms with Crippen molar-refractivity contribution in [2.45, 2.75) is 51.4 Å². The van der Waals surface area contributed by atoms with Crippen LogP contribution in [0, 0.1) is 18.3 Å². The van der Waals surface area contributed by atoms with E-state index in [0.717, 1.165) is 25.7 Å². The lowest BCUT2D eigenvalue weighted by atomic mass is 9.91. The van der Waals surface area contributed by atoms with Crippen molar-refractivity contribution in [1.29, 1.82) is 0 Å². The highest BCUT2D eigenvalue weighted by Crippen LogP contribution is 2.40. The molecule has 3 aliphatic rings. The number of amides is 1. The number of aryl methyl sites for hydroxylation is 2. The molecule has 0 radical (unpaired) electrons. The molecule has 21 heavy (non-hydrogen) atoms. The first-order valence-electron chi connectivity index (χ1n) is 8.08. The Morgan fingerprint density at radius 2 is 1.71 bits per heavy atom. The minimum Gasteiger partial charge on any atom is -0.310 e. The van der Waals surface area contributed by atoms with E-state index in [-0.39, 0.29) is 11.8 Å². The van der Waals surface area contributed by atoms with Gasteiger partial charge in [0.15, 0.2) is 0 Å². The Labute approximate surface area is 125 Å². The van der Waals surface area contributed by atoms with Gasteiger partial charge in [-0.25, -0.2) is 0 Å². The molecule has 1 aromatic heterocycles. The Balaban J connectivity index is 1.86. The topological polar surface area (TPSA) is 33.2 Å². The van der Waals surface area contributed by atoms with Gasteiger partial charge < -0.3 is 4.90 Å². The second-order valence-electron chi connectivity index (χ2n) is 6.44. The quantitative estimate of drug-likeness (QED) is 0.740. The molecule has 1 aliphatic heterocycles. The maximum atomic E-state index is 12.4. The number of anilines is 1. The zero-order chi connectivity index (χ0) is 14.4. The fraction of sp³-hybridized carbons (Fsp3) is 0.556. The molecule has 1 saturated heterocycles. The minimum atomic E-state index is 0.0713. The number of hydrogen-bond donors (Lipinski definition) is 0. The van der Waals surface area contributed by atoms with Crippen molar-refractivity contribution in [2.24, 2.45) is 5.92 Å². The van der Waals surface area contributed by atoms with Crippen LogP contribution >= 0.6 is 0 Å². The van der Waals surface area contributed by atoms with Crippen molar-refractivity contribution in [3.63, 3.8) is 0 Å². The number of nitrogens with zero attached hydrogens (tertiary/aromatic N) is 2. The molecule has 4 rings (SSSR count). The summed E-state index contributed by atoms with van der Waals surface area (Å²) >= 11 is 0. The molecular weight excluding hydrogens is 260 g/mol. The molecule has 1 amide bonds. The van der Waals surface area contributed by atoms with Crippen LogP contribution in [-0.4, -0.2) is 17.4 Å². The van der Waals surface area contributed by atoms with Gasteiger partial charge in [0.1, 0.15) is 0 Å². The Hall–Kier alpha value is -1.82. The van der Waals surface area contributed by atoms with Crippen molar-refractivity contribution >= 4 is 11.6 Å². The Bertz CT molecular complexity index is 656. The predicted octanol–water partition coefficient (Wildman–Crippen LogP) is 2.44. The monoisotopic (exact) mass is 280 g/mol. The normalized spacial score (nSPS) is 23.9. The standard InChI is InChI=1S/C18H20N2O/c1-2-12-10-17(21)20(11-12)18-13-6-3-4-8-15(13)19-16-9-5-7-14(16)18/h1,12H,3-11H2. The molecule has 2 heterocycles. The average Bonchev–Trinajstić information content (AvgIpc) is 3.11. The third-order valence-electron chi connectivity index (χ3n) is 5.10. The minimum absolute atomic E-state index is 0.0713. The second-order valence-corrected chi connectivity index (χ2v) is 6.44. The van der Waals surface area contributed by atoms with Gasteiger partial charge in [0.2, 0.25) is 5.91 Å². The van der Waals surface area contributed by atoms with Gasteiger partial charge in [0.25, 0.3) is 0 Å². The van der Waals surface area contributed by atoms with E-state index in [2.05, 4.69) is 5.92 Å². The number of carbonyl (C=O) groups is 1. The van der Waals surface area contributed by atoms with E-state index in [1.54, 1.807) is 0 Å². The molecular formula is C18H20N2O. The summed E-state index contributed by atoms with van der Waals surface area (Å²) in [6.07, 6.45) is 13.9. The summed E-state index contributed by atoms with van der Waals surface area (Å²) in [5, 5.41) is 0. The van der Waals surface area contributed by atoms with Crippen molar-refractivity contribution in [2.75, 3.05) is 11.4 Å². The molecule has 0 saturated carbocycles. The fourth-order valence-corrected chi connectivity index (χ4v) is 4.08. The van der Waals surface area contributed by atoms with Crippen LogP contribution in [0.1, 0.15) is 48.2 Å². The lowest BCUT2D eigenvalue weighted by Crippen LogP contribution is -2.28. The molecule has 108 valence electrons. The van der Waals surface area contributed by atoms with Crippen molar-refractivity contribution in [3.8, 4) is 12.3 Å². The van der Waals surface area contributed by atoms with Crippen molar-refractivity contribution in [1.82, 2.24) is 4.98 Å². The summed E-state index contributed by atoms with van der Waals surface area (Å²) in [5.41, 5.74) is 6.36. The molecule has 1 aromatic rings. The SMILES string of the molecule is C#CC1CC(=O)N(c2c3c(nc4c2CCC4)CCCC3)C1. The Kier molecular flexibility index (Phi) is 2.99. The molecule has 0 N–H and O–H groups in total. The van der Waals surface area contributed by atoms with E-state index < -0.39 is 0 Å². The Morgan fingerprint density at radius 1 is 1.05 bits per heavy atom. The summed E-state index contributed by atoms with van der Waals surface area (Å²) < 4.78 is 0.